The molecule has 1 aromatic rings. The van der Waals surface area contributed by atoms with Gasteiger partial charge >= 0.3 is 0 Å². The Morgan fingerprint density at radius 2 is 2.00 bits per heavy atom. The first-order valence-electron chi connectivity index (χ1n) is 5.49. The van der Waals surface area contributed by atoms with Gasteiger partial charge < -0.3 is 5.73 Å². The molecule has 0 amide bonds. The Labute approximate surface area is 85.5 Å². The van der Waals surface area contributed by atoms with Crippen LogP contribution in [0.4, 0.5) is 0 Å². The van der Waals surface area contributed by atoms with Crippen molar-refractivity contribution in [2.75, 3.05) is 6.54 Å². The van der Waals surface area contributed by atoms with Crippen LogP contribution in [0.2, 0.25) is 0 Å². The van der Waals surface area contributed by atoms with E-state index in [1.54, 1.807) is 0 Å². The lowest BCUT2D eigenvalue weighted by molar-refractivity contribution is 0.293. The van der Waals surface area contributed by atoms with Gasteiger partial charge in [0, 0.05) is 23.9 Å². The van der Waals surface area contributed by atoms with Crippen LogP contribution in [-0.4, -0.2) is 11.5 Å². The minimum Gasteiger partial charge on any atom is -0.330 e. The first-order valence-corrected chi connectivity index (χ1v) is 5.49. The van der Waals surface area contributed by atoms with Crippen LogP contribution in [-0.2, 0) is 5.41 Å². The normalized spacial score (nSPS) is 20.6. The lowest BCUT2D eigenvalue weighted by Gasteiger charge is -2.35. The molecule has 2 N–H and O–H groups in total. The summed E-state index contributed by atoms with van der Waals surface area (Å²) in [4.78, 5) is 4.47. The number of aromatic nitrogens is 1. The van der Waals surface area contributed by atoms with Gasteiger partial charge in [0.15, 0.2) is 0 Å². The van der Waals surface area contributed by atoms with Crippen LogP contribution in [0, 0.1) is 0 Å². The summed E-state index contributed by atoms with van der Waals surface area (Å²) < 4.78 is 0. The highest BCUT2D eigenvalue weighted by atomic mass is 14.7. The second-order valence-electron chi connectivity index (χ2n) is 4.26. The molecule has 0 saturated heterocycles. The van der Waals surface area contributed by atoms with Crippen LogP contribution >= 0.6 is 0 Å². The minimum absolute atomic E-state index is 0.180. The fourth-order valence-electron chi connectivity index (χ4n) is 2.47. The zero-order valence-corrected chi connectivity index (χ0v) is 8.58. The highest BCUT2D eigenvalue weighted by Crippen LogP contribution is 2.37. The molecule has 76 valence electrons. The summed E-state index contributed by atoms with van der Waals surface area (Å²) in [5, 5.41) is 0. The van der Waals surface area contributed by atoms with E-state index in [4.69, 9.17) is 5.73 Å². The Balaban J connectivity index is 2.27. The predicted molar refractivity (Wildman–Crippen MR) is 58.1 cm³/mol. The van der Waals surface area contributed by atoms with Crippen LogP contribution in [0.15, 0.2) is 24.4 Å². The first-order chi connectivity index (χ1) is 6.87. The maximum Gasteiger partial charge on any atom is 0.0477 e. The predicted octanol–water partition coefficient (Wildman–Crippen LogP) is 2.24. The molecule has 0 unspecified atom stereocenters. The Bertz CT molecular complexity index is 276. The van der Waals surface area contributed by atoms with E-state index in [-0.39, 0.29) is 5.41 Å². The van der Waals surface area contributed by atoms with Crippen molar-refractivity contribution in [3.05, 3.63) is 30.1 Å². The Morgan fingerprint density at radius 3 is 2.57 bits per heavy atom. The second kappa shape index (κ2) is 4.09. The Kier molecular flexibility index (Phi) is 2.82. The number of hydrogen-bond donors (Lipinski definition) is 1. The van der Waals surface area contributed by atoms with E-state index in [9.17, 15) is 0 Å². The first kappa shape index (κ1) is 9.66. The van der Waals surface area contributed by atoms with Gasteiger partial charge in [0.05, 0.1) is 0 Å². The van der Waals surface area contributed by atoms with E-state index in [1.807, 2.05) is 12.3 Å². The molecule has 1 aromatic heterocycles. The number of nitrogens with two attached hydrogens (primary N) is 1. The Morgan fingerprint density at radius 1 is 1.21 bits per heavy atom. The van der Waals surface area contributed by atoms with E-state index in [2.05, 4.69) is 17.1 Å². The molecule has 2 heteroatoms. The van der Waals surface area contributed by atoms with Gasteiger partial charge in [-0.1, -0.05) is 25.3 Å². The molecule has 1 heterocycles. The second-order valence-corrected chi connectivity index (χ2v) is 4.26. The van der Waals surface area contributed by atoms with E-state index >= 15 is 0 Å². The summed E-state index contributed by atoms with van der Waals surface area (Å²) >= 11 is 0. The smallest absolute Gasteiger partial charge is 0.0477 e. The number of nitrogens with zero attached hydrogens (tertiary/aromatic N) is 1. The lowest BCUT2D eigenvalue weighted by atomic mass is 9.71. The number of rotatable bonds is 2. The molecule has 0 atom stereocenters. The fraction of sp³-hybridized carbons (Fsp3) is 0.583. The van der Waals surface area contributed by atoms with Crippen LogP contribution in [0.3, 0.4) is 0 Å². The van der Waals surface area contributed by atoms with Gasteiger partial charge in [-0.15, -0.1) is 0 Å². The zero-order valence-electron chi connectivity index (χ0n) is 8.58. The quantitative estimate of drug-likeness (QED) is 0.776. The van der Waals surface area contributed by atoms with Crippen molar-refractivity contribution in [3.63, 3.8) is 0 Å². The maximum atomic E-state index is 5.93. The molecule has 2 rings (SSSR count). The third-order valence-electron chi connectivity index (χ3n) is 3.41. The molecular formula is C12H18N2. The van der Waals surface area contributed by atoms with Crippen molar-refractivity contribution >= 4 is 0 Å². The summed E-state index contributed by atoms with van der Waals surface area (Å²) in [6, 6.07) is 6.16. The molecule has 1 aliphatic rings. The Hall–Kier alpha value is -0.890. The largest absolute Gasteiger partial charge is 0.330 e. The van der Waals surface area contributed by atoms with Gasteiger partial charge in [0.1, 0.15) is 0 Å². The standard InChI is InChI=1S/C12H18N2/c13-10-12(7-3-1-4-8-12)11-6-2-5-9-14-11/h2,5-6,9H,1,3-4,7-8,10,13H2. The van der Waals surface area contributed by atoms with Gasteiger partial charge in [0.25, 0.3) is 0 Å². The van der Waals surface area contributed by atoms with Gasteiger partial charge in [-0.3, -0.25) is 4.98 Å². The molecule has 0 radical (unpaired) electrons. The molecule has 0 aromatic carbocycles. The van der Waals surface area contributed by atoms with Crippen molar-refractivity contribution < 1.29 is 0 Å². The third kappa shape index (κ3) is 1.67. The van der Waals surface area contributed by atoms with E-state index in [0.29, 0.717) is 0 Å². The molecule has 1 aliphatic carbocycles. The fourth-order valence-corrected chi connectivity index (χ4v) is 2.47. The van der Waals surface area contributed by atoms with Gasteiger partial charge in [-0.2, -0.15) is 0 Å². The summed E-state index contributed by atoms with van der Waals surface area (Å²) in [5.74, 6) is 0. The molecule has 2 nitrogen and oxygen atoms in total. The van der Waals surface area contributed by atoms with Crippen molar-refractivity contribution in [3.8, 4) is 0 Å². The minimum atomic E-state index is 0.180. The maximum absolute atomic E-state index is 5.93. The van der Waals surface area contributed by atoms with E-state index < -0.39 is 0 Å². The van der Waals surface area contributed by atoms with Crippen molar-refractivity contribution in [1.29, 1.82) is 0 Å². The summed E-state index contributed by atoms with van der Waals surface area (Å²) in [6.45, 7) is 0.740. The van der Waals surface area contributed by atoms with E-state index in [0.717, 1.165) is 6.54 Å². The zero-order chi connectivity index (χ0) is 9.86. The van der Waals surface area contributed by atoms with Gasteiger partial charge in [-0.05, 0) is 25.0 Å². The topological polar surface area (TPSA) is 38.9 Å². The van der Waals surface area contributed by atoms with Crippen LogP contribution in [0.5, 0.6) is 0 Å². The summed E-state index contributed by atoms with van der Waals surface area (Å²) in [5.41, 5.74) is 7.31. The number of hydrogen-bond acceptors (Lipinski definition) is 2. The molecule has 0 spiro atoms. The molecule has 14 heavy (non-hydrogen) atoms. The molecule has 1 saturated carbocycles. The molecular weight excluding hydrogens is 172 g/mol. The highest BCUT2D eigenvalue weighted by molar-refractivity contribution is 5.18. The van der Waals surface area contributed by atoms with Gasteiger partial charge in [-0.25, -0.2) is 0 Å². The van der Waals surface area contributed by atoms with Crippen molar-refractivity contribution in [2.24, 2.45) is 5.73 Å². The van der Waals surface area contributed by atoms with Crippen LogP contribution in [0.25, 0.3) is 0 Å². The SMILES string of the molecule is NCC1(c2ccccn2)CCCCC1. The summed E-state index contributed by atoms with van der Waals surface area (Å²) in [7, 11) is 0. The van der Waals surface area contributed by atoms with Gasteiger partial charge in [0.2, 0.25) is 0 Å². The average molecular weight is 190 g/mol. The van der Waals surface area contributed by atoms with E-state index in [1.165, 1.54) is 37.8 Å². The van der Waals surface area contributed by atoms with Crippen LogP contribution < -0.4 is 5.73 Å². The average Bonchev–Trinajstić information content (AvgIpc) is 2.31. The van der Waals surface area contributed by atoms with Crippen molar-refractivity contribution in [1.82, 2.24) is 4.98 Å². The monoisotopic (exact) mass is 190 g/mol. The third-order valence-corrected chi connectivity index (χ3v) is 3.41. The lowest BCUT2D eigenvalue weighted by Crippen LogP contribution is -2.37. The summed E-state index contributed by atoms with van der Waals surface area (Å²) in [6.07, 6.45) is 8.25. The molecule has 1 fully saturated rings. The van der Waals surface area contributed by atoms with Crippen LogP contribution in [0.1, 0.15) is 37.8 Å². The van der Waals surface area contributed by atoms with Crippen molar-refractivity contribution in [2.45, 2.75) is 37.5 Å². The highest BCUT2D eigenvalue weighted by Gasteiger charge is 2.33. The number of pyridine rings is 1. The molecule has 0 bridgehead atoms. The molecule has 0 aliphatic heterocycles.